The Kier molecular flexibility index (Phi) is 4.58. The van der Waals surface area contributed by atoms with E-state index in [0.717, 1.165) is 17.0 Å². The average molecular weight is 413 g/mol. The summed E-state index contributed by atoms with van der Waals surface area (Å²) in [5, 5.41) is 0. The topological polar surface area (TPSA) is 12.9 Å². The van der Waals surface area contributed by atoms with Crippen molar-refractivity contribution in [3.8, 4) is 0 Å². The lowest BCUT2D eigenvalue weighted by atomic mass is 10.2. The van der Waals surface area contributed by atoms with E-state index in [1.165, 1.54) is 17.8 Å². The van der Waals surface area contributed by atoms with Crippen molar-refractivity contribution in [1.29, 1.82) is 0 Å². The Hall–Kier alpha value is -0.530. The molecule has 0 bridgehead atoms. The Bertz CT molecular complexity index is 582. The fraction of sp³-hybridized carbons (Fsp3) is 0.0833. The summed E-state index contributed by atoms with van der Waals surface area (Å²) in [6.07, 6.45) is -4.32. The zero-order valence-electron chi connectivity index (χ0n) is 9.21. The minimum Gasteiger partial charge on any atom is -0.234 e. The van der Waals surface area contributed by atoms with E-state index in [9.17, 15) is 13.2 Å². The van der Waals surface area contributed by atoms with Crippen LogP contribution in [0.4, 0.5) is 13.2 Å². The molecule has 0 spiro atoms. The fourth-order valence-corrected chi connectivity index (χ4v) is 3.74. The van der Waals surface area contributed by atoms with Crippen LogP contribution in [0.15, 0.2) is 55.4 Å². The molecule has 0 aliphatic rings. The van der Waals surface area contributed by atoms with Crippen LogP contribution in [0.25, 0.3) is 0 Å². The Labute approximate surface area is 128 Å². The van der Waals surface area contributed by atoms with Gasteiger partial charge in [-0.25, -0.2) is 4.98 Å². The summed E-state index contributed by atoms with van der Waals surface area (Å²) in [5.74, 6) is 0. The van der Waals surface area contributed by atoms with Crippen molar-refractivity contribution in [2.75, 3.05) is 0 Å². The highest BCUT2D eigenvalue weighted by molar-refractivity contribution is 9.11. The van der Waals surface area contributed by atoms with Crippen LogP contribution in [0.5, 0.6) is 0 Å². The van der Waals surface area contributed by atoms with E-state index in [4.69, 9.17) is 0 Å². The molecule has 1 nitrogen and oxygen atoms in total. The second-order valence-corrected chi connectivity index (χ2v) is 6.35. The normalized spacial score (nSPS) is 11.6. The third kappa shape index (κ3) is 4.22. The predicted octanol–water partition coefficient (Wildman–Crippen LogP) is 5.78. The Morgan fingerprint density at radius 2 is 1.58 bits per heavy atom. The Balaban J connectivity index is 2.28. The Morgan fingerprint density at radius 3 is 2.16 bits per heavy atom. The van der Waals surface area contributed by atoms with Gasteiger partial charge in [-0.1, -0.05) is 17.8 Å². The number of hydrogen-bond donors (Lipinski definition) is 0. The van der Waals surface area contributed by atoms with Gasteiger partial charge in [0.1, 0.15) is 9.21 Å². The van der Waals surface area contributed by atoms with Crippen molar-refractivity contribution in [2.24, 2.45) is 0 Å². The zero-order valence-corrected chi connectivity index (χ0v) is 13.2. The maximum atomic E-state index is 12.6. The highest BCUT2D eigenvalue weighted by atomic mass is 79.9. The van der Waals surface area contributed by atoms with Crippen molar-refractivity contribution in [2.45, 2.75) is 16.0 Å². The molecule has 0 aliphatic carbocycles. The van der Waals surface area contributed by atoms with Crippen LogP contribution in [-0.4, -0.2) is 4.98 Å². The number of aromatic nitrogens is 1. The molecule has 0 radical (unpaired) electrons. The van der Waals surface area contributed by atoms with Gasteiger partial charge in [0, 0.05) is 9.79 Å². The maximum Gasteiger partial charge on any atom is 0.416 e. The SMILES string of the molecule is FC(F)(F)c1cccc(Sc2cc(Br)nc(Br)c2)c1. The second-order valence-electron chi connectivity index (χ2n) is 3.58. The number of pyridine rings is 1. The fourth-order valence-electron chi connectivity index (χ4n) is 1.37. The van der Waals surface area contributed by atoms with Crippen molar-refractivity contribution in [1.82, 2.24) is 4.98 Å². The van der Waals surface area contributed by atoms with E-state index in [-0.39, 0.29) is 0 Å². The van der Waals surface area contributed by atoms with Crippen LogP contribution in [0, 0.1) is 0 Å². The molecule has 0 fully saturated rings. The van der Waals surface area contributed by atoms with Gasteiger partial charge in [-0.3, -0.25) is 0 Å². The number of rotatable bonds is 2. The molecule has 0 N–H and O–H groups in total. The van der Waals surface area contributed by atoms with Crippen molar-refractivity contribution in [3.63, 3.8) is 0 Å². The van der Waals surface area contributed by atoms with Crippen LogP contribution in [0.3, 0.4) is 0 Å². The molecule has 1 heterocycles. The highest BCUT2D eigenvalue weighted by Crippen LogP contribution is 2.35. The highest BCUT2D eigenvalue weighted by Gasteiger charge is 2.30. The molecule has 0 amide bonds. The van der Waals surface area contributed by atoms with Crippen molar-refractivity contribution in [3.05, 3.63) is 51.2 Å². The van der Waals surface area contributed by atoms with Crippen LogP contribution in [0.2, 0.25) is 0 Å². The lowest BCUT2D eigenvalue weighted by Gasteiger charge is -2.08. The second kappa shape index (κ2) is 5.85. The van der Waals surface area contributed by atoms with Crippen molar-refractivity contribution < 1.29 is 13.2 Å². The summed E-state index contributed by atoms with van der Waals surface area (Å²) < 4.78 is 39.0. The molecule has 0 saturated carbocycles. The molecule has 1 aromatic carbocycles. The molecule has 0 aliphatic heterocycles. The minimum absolute atomic E-state index is 0.528. The molecule has 0 atom stereocenters. The van der Waals surface area contributed by atoms with Crippen LogP contribution < -0.4 is 0 Å². The van der Waals surface area contributed by atoms with Crippen molar-refractivity contribution >= 4 is 43.6 Å². The van der Waals surface area contributed by atoms with Crippen LogP contribution in [0.1, 0.15) is 5.56 Å². The summed E-state index contributed by atoms with van der Waals surface area (Å²) in [4.78, 5) is 5.40. The molecule has 100 valence electrons. The molecule has 1 aromatic heterocycles. The monoisotopic (exact) mass is 411 g/mol. The average Bonchev–Trinajstić information content (AvgIpc) is 2.26. The van der Waals surface area contributed by atoms with E-state index in [1.54, 1.807) is 18.2 Å². The van der Waals surface area contributed by atoms with Gasteiger partial charge in [0.05, 0.1) is 5.56 Å². The maximum absolute atomic E-state index is 12.6. The van der Waals surface area contributed by atoms with E-state index >= 15 is 0 Å². The first-order valence-corrected chi connectivity index (χ1v) is 7.43. The first-order valence-electron chi connectivity index (χ1n) is 5.03. The molecular weight excluding hydrogens is 407 g/mol. The van der Waals surface area contributed by atoms with Gasteiger partial charge in [0.25, 0.3) is 0 Å². The van der Waals surface area contributed by atoms with Gasteiger partial charge in [0.2, 0.25) is 0 Å². The lowest BCUT2D eigenvalue weighted by Crippen LogP contribution is -2.04. The van der Waals surface area contributed by atoms with E-state index < -0.39 is 11.7 Å². The third-order valence-corrected chi connectivity index (χ3v) is 3.91. The molecule has 2 aromatic rings. The van der Waals surface area contributed by atoms with Gasteiger partial charge >= 0.3 is 6.18 Å². The van der Waals surface area contributed by atoms with E-state index in [2.05, 4.69) is 36.8 Å². The predicted molar refractivity (Wildman–Crippen MR) is 75.2 cm³/mol. The number of alkyl halides is 3. The standard InChI is InChI=1S/C12H6Br2F3NS/c13-10-5-9(6-11(14)18-10)19-8-3-1-2-7(4-8)12(15,16)17/h1-6H. The largest absolute Gasteiger partial charge is 0.416 e. The van der Waals surface area contributed by atoms with Gasteiger partial charge < -0.3 is 0 Å². The van der Waals surface area contributed by atoms with Gasteiger partial charge in [0.15, 0.2) is 0 Å². The molecule has 7 heteroatoms. The quantitative estimate of drug-likeness (QED) is 0.580. The summed E-state index contributed by atoms with van der Waals surface area (Å²) in [7, 11) is 0. The molecule has 0 unspecified atom stereocenters. The summed E-state index contributed by atoms with van der Waals surface area (Å²) >= 11 is 7.72. The summed E-state index contributed by atoms with van der Waals surface area (Å²) in [6.45, 7) is 0. The number of hydrogen-bond acceptors (Lipinski definition) is 2. The lowest BCUT2D eigenvalue weighted by molar-refractivity contribution is -0.137. The smallest absolute Gasteiger partial charge is 0.234 e. The number of nitrogens with zero attached hydrogens (tertiary/aromatic N) is 1. The third-order valence-electron chi connectivity index (χ3n) is 2.13. The molecule has 19 heavy (non-hydrogen) atoms. The number of halogens is 5. The van der Waals surface area contributed by atoms with Crippen LogP contribution >= 0.6 is 43.6 Å². The molecule has 0 saturated heterocycles. The molecular formula is C12H6Br2F3NS. The zero-order chi connectivity index (χ0) is 14.0. The summed E-state index contributed by atoms with van der Waals surface area (Å²) in [6, 6.07) is 8.72. The van der Waals surface area contributed by atoms with Gasteiger partial charge in [-0.15, -0.1) is 0 Å². The van der Waals surface area contributed by atoms with Gasteiger partial charge in [-0.05, 0) is 62.2 Å². The first-order chi connectivity index (χ1) is 8.84. The van der Waals surface area contributed by atoms with E-state index in [0.29, 0.717) is 14.1 Å². The van der Waals surface area contributed by atoms with Crippen LogP contribution in [-0.2, 0) is 6.18 Å². The minimum atomic E-state index is -4.32. The van der Waals surface area contributed by atoms with Gasteiger partial charge in [-0.2, -0.15) is 13.2 Å². The van der Waals surface area contributed by atoms with E-state index in [1.807, 2.05) is 0 Å². The summed E-state index contributed by atoms with van der Waals surface area (Å²) in [5.41, 5.74) is -0.648. The number of benzene rings is 1. The molecule has 2 rings (SSSR count). The Morgan fingerprint density at radius 1 is 0.947 bits per heavy atom. The first kappa shape index (κ1) is 14.9.